The second kappa shape index (κ2) is 5.43. The number of carbonyl (C=O) groups is 1. The summed E-state index contributed by atoms with van der Waals surface area (Å²) in [6, 6.07) is 3.34. The van der Waals surface area contributed by atoms with Gasteiger partial charge in [0.1, 0.15) is 11.3 Å². The number of nitrogens with zero attached hydrogens (tertiary/aromatic N) is 2. The number of likely N-dealkylation sites (tertiary alicyclic amines) is 1. The molecule has 0 aliphatic carbocycles. The monoisotopic (exact) mass is 289 g/mol. The van der Waals surface area contributed by atoms with Crippen LogP contribution in [-0.2, 0) is 6.54 Å². The Labute approximate surface area is 119 Å². The fourth-order valence-corrected chi connectivity index (χ4v) is 2.46. The maximum atomic E-state index is 12.4. The van der Waals surface area contributed by atoms with E-state index in [0.717, 1.165) is 17.4 Å². The third-order valence-electron chi connectivity index (χ3n) is 3.58. The first-order valence-electron chi connectivity index (χ1n) is 6.81. The van der Waals surface area contributed by atoms with Crippen LogP contribution in [0.3, 0.4) is 0 Å². The molecular weight excluding hydrogens is 274 g/mol. The van der Waals surface area contributed by atoms with Crippen molar-refractivity contribution in [2.24, 2.45) is 0 Å². The van der Waals surface area contributed by atoms with Gasteiger partial charge in [-0.1, -0.05) is 0 Å². The van der Waals surface area contributed by atoms with Gasteiger partial charge < -0.3 is 14.3 Å². The molecule has 0 saturated carbocycles. The van der Waals surface area contributed by atoms with Crippen molar-refractivity contribution in [3.63, 3.8) is 0 Å². The molecule has 1 fully saturated rings. The quantitative estimate of drug-likeness (QED) is 0.886. The number of rotatable bonds is 3. The van der Waals surface area contributed by atoms with Gasteiger partial charge in [-0.15, -0.1) is 0 Å². The third kappa shape index (κ3) is 2.54. The number of aromatic nitrogens is 2. The molecule has 1 saturated heterocycles. The smallest absolute Gasteiger partial charge is 0.328 e. The second-order valence-corrected chi connectivity index (χ2v) is 4.98. The number of hydrogen-bond acceptors (Lipinski definition) is 4. The Balaban J connectivity index is 1.97. The summed E-state index contributed by atoms with van der Waals surface area (Å²) in [5.74, 6) is 0.148. The molecule has 0 bridgehead atoms. The van der Waals surface area contributed by atoms with Gasteiger partial charge in [0.2, 0.25) is 0 Å². The van der Waals surface area contributed by atoms with Gasteiger partial charge in [-0.25, -0.2) is 4.79 Å². The lowest BCUT2D eigenvalue weighted by Crippen LogP contribution is -2.41. The topological polar surface area (TPSA) is 88.3 Å². The van der Waals surface area contributed by atoms with E-state index in [1.165, 1.54) is 12.5 Å². The molecule has 110 valence electrons. The lowest BCUT2D eigenvalue weighted by atomic mass is 10.3. The van der Waals surface area contributed by atoms with Crippen LogP contribution in [0.2, 0.25) is 0 Å². The Morgan fingerprint density at radius 2 is 2.05 bits per heavy atom. The number of nitrogens with one attached hydrogen (secondary N) is 1. The summed E-state index contributed by atoms with van der Waals surface area (Å²) >= 11 is 0. The van der Waals surface area contributed by atoms with Gasteiger partial charge in [0.05, 0.1) is 12.8 Å². The van der Waals surface area contributed by atoms with E-state index in [-0.39, 0.29) is 18.0 Å². The maximum absolute atomic E-state index is 12.4. The Kier molecular flexibility index (Phi) is 3.47. The lowest BCUT2D eigenvalue weighted by Gasteiger charge is -2.15. The van der Waals surface area contributed by atoms with Crippen molar-refractivity contribution in [1.29, 1.82) is 0 Å². The number of aromatic amines is 1. The zero-order valence-corrected chi connectivity index (χ0v) is 11.4. The van der Waals surface area contributed by atoms with Crippen LogP contribution in [0.15, 0.2) is 38.6 Å². The molecule has 1 aliphatic heterocycles. The van der Waals surface area contributed by atoms with Crippen molar-refractivity contribution in [2.75, 3.05) is 13.1 Å². The molecule has 1 aliphatic rings. The number of H-pyrrole nitrogens is 1. The van der Waals surface area contributed by atoms with Crippen molar-refractivity contribution in [3.05, 3.63) is 56.8 Å². The van der Waals surface area contributed by atoms with Crippen LogP contribution in [0.1, 0.15) is 29.0 Å². The molecule has 2 aromatic rings. The molecule has 0 radical (unpaired) electrons. The van der Waals surface area contributed by atoms with Crippen LogP contribution in [0.25, 0.3) is 0 Å². The summed E-state index contributed by atoms with van der Waals surface area (Å²) in [5.41, 5.74) is -1.16. The first-order chi connectivity index (χ1) is 10.2. The molecule has 7 nitrogen and oxygen atoms in total. The van der Waals surface area contributed by atoms with Gasteiger partial charge in [-0.2, -0.15) is 0 Å². The number of hydrogen-bond donors (Lipinski definition) is 1. The van der Waals surface area contributed by atoms with E-state index in [4.69, 9.17) is 4.42 Å². The minimum Gasteiger partial charge on any atom is -0.467 e. The molecule has 7 heteroatoms. The summed E-state index contributed by atoms with van der Waals surface area (Å²) in [7, 11) is 0. The molecule has 2 aromatic heterocycles. The number of furan rings is 1. The van der Waals surface area contributed by atoms with E-state index >= 15 is 0 Å². The highest BCUT2D eigenvalue weighted by molar-refractivity contribution is 5.93. The fourth-order valence-electron chi connectivity index (χ4n) is 2.46. The van der Waals surface area contributed by atoms with Crippen LogP contribution in [-0.4, -0.2) is 33.4 Å². The summed E-state index contributed by atoms with van der Waals surface area (Å²) in [6.45, 7) is 1.30. The molecule has 0 atom stereocenters. The highest BCUT2D eigenvalue weighted by Gasteiger charge is 2.23. The summed E-state index contributed by atoms with van der Waals surface area (Å²) < 4.78 is 6.11. The van der Waals surface area contributed by atoms with Crippen molar-refractivity contribution in [1.82, 2.24) is 14.5 Å². The van der Waals surface area contributed by atoms with Crippen LogP contribution in [0.5, 0.6) is 0 Å². The minimum absolute atomic E-state index is 0.00227. The Bertz CT molecular complexity index is 751. The molecule has 0 spiro atoms. The summed E-state index contributed by atoms with van der Waals surface area (Å²) in [4.78, 5) is 40.5. The third-order valence-corrected chi connectivity index (χ3v) is 3.58. The predicted octanol–water partition coefficient (Wildman–Crippen LogP) is 0.414. The average molecular weight is 289 g/mol. The van der Waals surface area contributed by atoms with Gasteiger partial charge in [-0.05, 0) is 25.0 Å². The predicted molar refractivity (Wildman–Crippen MR) is 74.3 cm³/mol. The van der Waals surface area contributed by atoms with Gasteiger partial charge in [0.25, 0.3) is 11.5 Å². The van der Waals surface area contributed by atoms with E-state index in [0.29, 0.717) is 18.8 Å². The van der Waals surface area contributed by atoms with E-state index < -0.39 is 11.2 Å². The zero-order chi connectivity index (χ0) is 14.8. The highest BCUT2D eigenvalue weighted by Crippen LogP contribution is 2.10. The number of amides is 1. The Morgan fingerprint density at radius 1 is 1.29 bits per heavy atom. The normalized spacial score (nSPS) is 14.6. The molecule has 3 heterocycles. The Hall–Kier alpha value is -2.57. The average Bonchev–Trinajstić information content (AvgIpc) is 3.16. The minimum atomic E-state index is -0.591. The largest absolute Gasteiger partial charge is 0.467 e. The first-order valence-corrected chi connectivity index (χ1v) is 6.81. The molecule has 3 rings (SSSR count). The molecule has 0 unspecified atom stereocenters. The van der Waals surface area contributed by atoms with Gasteiger partial charge in [0.15, 0.2) is 0 Å². The molecule has 1 amide bonds. The van der Waals surface area contributed by atoms with Crippen molar-refractivity contribution in [2.45, 2.75) is 19.4 Å². The van der Waals surface area contributed by atoms with Crippen molar-refractivity contribution in [3.8, 4) is 0 Å². The summed E-state index contributed by atoms with van der Waals surface area (Å²) in [5, 5.41) is 0. The van der Waals surface area contributed by atoms with Crippen molar-refractivity contribution < 1.29 is 9.21 Å². The van der Waals surface area contributed by atoms with Crippen LogP contribution < -0.4 is 11.2 Å². The summed E-state index contributed by atoms with van der Waals surface area (Å²) in [6.07, 6.45) is 4.54. The van der Waals surface area contributed by atoms with Gasteiger partial charge in [0, 0.05) is 19.3 Å². The van der Waals surface area contributed by atoms with Crippen LogP contribution >= 0.6 is 0 Å². The second-order valence-electron chi connectivity index (χ2n) is 4.98. The fraction of sp³-hybridized carbons (Fsp3) is 0.357. The standard InChI is InChI=1S/C14H15N3O4/c18-12(16-5-1-2-6-16)11-8-15-14(20)17(13(11)19)9-10-4-3-7-21-10/h3-4,7-8H,1-2,5-6,9H2,(H,15,20). The van der Waals surface area contributed by atoms with E-state index in [1.54, 1.807) is 17.0 Å². The van der Waals surface area contributed by atoms with Crippen molar-refractivity contribution >= 4 is 5.91 Å². The van der Waals surface area contributed by atoms with Crippen LogP contribution in [0.4, 0.5) is 0 Å². The zero-order valence-electron chi connectivity index (χ0n) is 11.4. The first kappa shape index (κ1) is 13.4. The van der Waals surface area contributed by atoms with E-state index in [2.05, 4.69) is 4.98 Å². The molecule has 0 aromatic carbocycles. The van der Waals surface area contributed by atoms with E-state index in [1.807, 2.05) is 0 Å². The molecule has 21 heavy (non-hydrogen) atoms. The highest BCUT2D eigenvalue weighted by atomic mass is 16.3. The Morgan fingerprint density at radius 3 is 2.71 bits per heavy atom. The lowest BCUT2D eigenvalue weighted by molar-refractivity contribution is 0.0789. The van der Waals surface area contributed by atoms with Gasteiger partial charge in [-0.3, -0.25) is 14.2 Å². The van der Waals surface area contributed by atoms with Crippen LogP contribution in [0, 0.1) is 0 Å². The van der Waals surface area contributed by atoms with Gasteiger partial charge >= 0.3 is 5.69 Å². The number of carbonyl (C=O) groups excluding carboxylic acids is 1. The molecule has 1 N–H and O–H groups in total. The SMILES string of the molecule is O=C(c1c[nH]c(=O)n(Cc2ccco2)c1=O)N1CCCC1. The van der Waals surface area contributed by atoms with E-state index in [9.17, 15) is 14.4 Å². The maximum Gasteiger partial charge on any atom is 0.328 e. The molecular formula is C14H15N3O4.